The minimum atomic E-state index is -0.497. The molecule has 0 bridgehead atoms. The van der Waals surface area contributed by atoms with Crippen LogP contribution in [0.4, 0.5) is 0 Å². The van der Waals surface area contributed by atoms with Gasteiger partial charge in [-0.25, -0.2) is 9.79 Å². The van der Waals surface area contributed by atoms with Gasteiger partial charge in [0.1, 0.15) is 6.61 Å². The molecule has 0 spiro atoms. The molecule has 3 aromatic carbocycles. The molecule has 0 atom stereocenters. The van der Waals surface area contributed by atoms with Crippen molar-refractivity contribution >= 4 is 49.8 Å². The van der Waals surface area contributed by atoms with Gasteiger partial charge in [-0.2, -0.15) is 0 Å². The zero-order valence-corrected chi connectivity index (χ0v) is 19.6. The number of hydrogen-bond acceptors (Lipinski definition) is 5. The maximum atomic E-state index is 12.3. The summed E-state index contributed by atoms with van der Waals surface area (Å²) in [5.74, 6) is 0.897. The molecule has 0 N–H and O–H groups in total. The van der Waals surface area contributed by atoms with E-state index in [2.05, 4.69) is 36.9 Å². The number of esters is 1. The number of methoxy groups -OCH3 is 1. The number of cyclic esters (lactones) is 1. The van der Waals surface area contributed by atoms with Crippen LogP contribution in [0.5, 0.6) is 11.5 Å². The molecule has 0 fully saturated rings. The molecule has 3 aromatic rings. The van der Waals surface area contributed by atoms with E-state index < -0.39 is 5.97 Å². The Kier molecular flexibility index (Phi) is 6.53. The first kappa shape index (κ1) is 21.3. The molecular formula is C24H17Br2NO4. The summed E-state index contributed by atoms with van der Waals surface area (Å²) in [6, 6.07) is 20.8. The van der Waals surface area contributed by atoms with Crippen molar-refractivity contribution in [2.24, 2.45) is 4.99 Å². The van der Waals surface area contributed by atoms with Crippen molar-refractivity contribution in [3.8, 4) is 11.5 Å². The Bertz CT molecular complexity index is 1190. The Morgan fingerprint density at radius 3 is 2.48 bits per heavy atom. The third kappa shape index (κ3) is 4.89. The van der Waals surface area contributed by atoms with Crippen molar-refractivity contribution in [1.29, 1.82) is 0 Å². The van der Waals surface area contributed by atoms with E-state index in [4.69, 9.17) is 14.2 Å². The van der Waals surface area contributed by atoms with Crippen LogP contribution < -0.4 is 9.47 Å². The summed E-state index contributed by atoms with van der Waals surface area (Å²) in [5.41, 5.74) is 2.70. The molecule has 1 aliphatic rings. The molecule has 0 amide bonds. The predicted octanol–water partition coefficient (Wildman–Crippen LogP) is 6.14. The number of nitrogens with zero attached hydrogens (tertiary/aromatic N) is 1. The Morgan fingerprint density at radius 1 is 1.00 bits per heavy atom. The average molecular weight is 543 g/mol. The molecule has 0 radical (unpaired) electrons. The fraction of sp³-hybridized carbons (Fsp3) is 0.0833. The number of ether oxygens (including phenoxy) is 3. The zero-order valence-electron chi connectivity index (χ0n) is 16.5. The van der Waals surface area contributed by atoms with Crippen LogP contribution in [0.2, 0.25) is 0 Å². The normalized spacial score (nSPS) is 14.4. The first-order valence-electron chi connectivity index (χ1n) is 9.37. The highest BCUT2D eigenvalue weighted by atomic mass is 79.9. The van der Waals surface area contributed by atoms with E-state index in [-0.39, 0.29) is 11.6 Å². The molecule has 1 heterocycles. The second kappa shape index (κ2) is 9.49. The van der Waals surface area contributed by atoms with Crippen LogP contribution in [0.15, 0.2) is 86.4 Å². The van der Waals surface area contributed by atoms with Gasteiger partial charge in [-0.05, 0) is 57.9 Å². The molecule has 4 rings (SSSR count). The fourth-order valence-electron chi connectivity index (χ4n) is 3.00. The van der Waals surface area contributed by atoms with E-state index in [0.717, 1.165) is 21.2 Å². The number of rotatable bonds is 6. The van der Waals surface area contributed by atoms with E-state index in [1.165, 1.54) is 0 Å². The molecule has 5 nitrogen and oxygen atoms in total. The highest BCUT2D eigenvalue weighted by Gasteiger charge is 2.24. The summed E-state index contributed by atoms with van der Waals surface area (Å²) in [4.78, 5) is 16.6. The van der Waals surface area contributed by atoms with Crippen molar-refractivity contribution in [3.05, 3.63) is 98.1 Å². The molecule has 31 heavy (non-hydrogen) atoms. The van der Waals surface area contributed by atoms with E-state index >= 15 is 0 Å². The maximum Gasteiger partial charge on any atom is 0.363 e. The fourth-order valence-corrected chi connectivity index (χ4v) is 3.97. The van der Waals surface area contributed by atoms with Gasteiger partial charge in [0.15, 0.2) is 17.2 Å². The lowest BCUT2D eigenvalue weighted by Crippen LogP contribution is -2.05. The summed E-state index contributed by atoms with van der Waals surface area (Å²) in [6.45, 7) is 0.369. The second-order valence-electron chi connectivity index (χ2n) is 6.62. The SMILES string of the molecule is COc1cc(/C=C2\N=C(c3ccccc3)OC2=O)cc(Br)c1OCc1ccccc1Br. The van der Waals surface area contributed by atoms with Crippen LogP contribution in [-0.4, -0.2) is 19.0 Å². The smallest absolute Gasteiger partial charge is 0.363 e. The highest BCUT2D eigenvalue weighted by Crippen LogP contribution is 2.38. The second-order valence-corrected chi connectivity index (χ2v) is 8.32. The van der Waals surface area contributed by atoms with Gasteiger partial charge in [0.2, 0.25) is 5.90 Å². The molecule has 0 aromatic heterocycles. The largest absolute Gasteiger partial charge is 0.493 e. The Balaban J connectivity index is 1.60. The van der Waals surface area contributed by atoms with Crippen LogP contribution >= 0.6 is 31.9 Å². The van der Waals surface area contributed by atoms with Gasteiger partial charge >= 0.3 is 5.97 Å². The predicted molar refractivity (Wildman–Crippen MR) is 126 cm³/mol. The molecule has 0 aliphatic carbocycles. The number of benzene rings is 3. The molecule has 0 saturated heterocycles. The molecule has 0 unspecified atom stereocenters. The summed E-state index contributed by atoms with van der Waals surface area (Å²) < 4.78 is 18.5. The van der Waals surface area contributed by atoms with Crippen molar-refractivity contribution in [1.82, 2.24) is 0 Å². The molecule has 7 heteroatoms. The number of aliphatic imine (C=N–C) groups is 1. The van der Waals surface area contributed by atoms with Crippen LogP contribution in [0, 0.1) is 0 Å². The van der Waals surface area contributed by atoms with Crippen LogP contribution in [0.3, 0.4) is 0 Å². The lowest BCUT2D eigenvalue weighted by atomic mass is 10.1. The third-order valence-corrected chi connectivity index (χ3v) is 5.89. The first-order valence-corrected chi connectivity index (χ1v) is 11.0. The van der Waals surface area contributed by atoms with E-state index in [0.29, 0.717) is 22.6 Å². The number of carbonyl (C=O) groups is 1. The number of halogens is 2. The van der Waals surface area contributed by atoms with E-state index in [1.54, 1.807) is 19.3 Å². The zero-order chi connectivity index (χ0) is 21.8. The van der Waals surface area contributed by atoms with Gasteiger partial charge in [-0.1, -0.05) is 52.3 Å². The van der Waals surface area contributed by atoms with Gasteiger partial charge in [-0.3, -0.25) is 0 Å². The quantitative estimate of drug-likeness (QED) is 0.277. The van der Waals surface area contributed by atoms with Gasteiger partial charge in [0, 0.05) is 15.6 Å². The summed E-state index contributed by atoms with van der Waals surface area (Å²) in [6.07, 6.45) is 1.66. The van der Waals surface area contributed by atoms with Crippen LogP contribution in [0.1, 0.15) is 16.7 Å². The van der Waals surface area contributed by atoms with E-state index in [9.17, 15) is 4.79 Å². The highest BCUT2D eigenvalue weighted by molar-refractivity contribution is 9.10. The molecule has 156 valence electrons. The lowest BCUT2D eigenvalue weighted by molar-refractivity contribution is -0.129. The minimum absolute atomic E-state index is 0.217. The first-order chi connectivity index (χ1) is 15.0. The Morgan fingerprint density at radius 2 is 1.74 bits per heavy atom. The van der Waals surface area contributed by atoms with Crippen LogP contribution in [0.25, 0.3) is 6.08 Å². The van der Waals surface area contributed by atoms with Gasteiger partial charge in [-0.15, -0.1) is 0 Å². The van der Waals surface area contributed by atoms with Crippen molar-refractivity contribution < 1.29 is 19.0 Å². The summed E-state index contributed by atoms with van der Waals surface area (Å²) >= 11 is 7.07. The van der Waals surface area contributed by atoms with Gasteiger partial charge < -0.3 is 14.2 Å². The third-order valence-electron chi connectivity index (χ3n) is 4.53. The number of carbonyl (C=O) groups excluding carboxylic acids is 1. The van der Waals surface area contributed by atoms with E-state index in [1.807, 2.05) is 60.7 Å². The molecular weight excluding hydrogens is 526 g/mol. The molecule has 0 saturated carbocycles. The van der Waals surface area contributed by atoms with Crippen molar-refractivity contribution in [2.45, 2.75) is 6.61 Å². The Labute approximate surface area is 196 Å². The van der Waals surface area contributed by atoms with Crippen molar-refractivity contribution in [2.75, 3.05) is 7.11 Å². The topological polar surface area (TPSA) is 57.1 Å². The standard InChI is InChI=1S/C24H17Br2NO4/c1-29-21-13-15(11-19(26)22(21)30-14-17-9-5-6-10-18(17)25)12-20-24(28)31-23(27-20)16-7-3-2-4-8-16/h2-13H,14H2,1H3/b20-12-. The lowest BCUT2D eigenvalue weighted by Gasteiger charge is -2.14. The Hall–Kier alpha value is -2.90. The molecule has 1 aliphatic heterocycles. The maximum absolute atomic E-state index is 12.3. The average Bonchev–Trinajstić information content (AvgIpc) is 3.14. The van der Waals surface area contributed by atoms with Gasteiger partial charge in [0.05, 0.1) is 11.6 Å². The van der Waals surface area contributed by atoms with Crippen molar-refractivity contribution in [3.63, 3.8) is 0 Å². The number of hydrogen-bond donors (Lipinski definition) is 0. The van der Waals surface area contributed by atoms with Crippen LogP contribution in [-0.2, 0) is 16.1 Å². The monoisotopic (exact) mass is 541 g/mol. The summed E-state index contributed by atoms with van der Waals surface area (Å²) in [7, 11) is 1.57. The minimum Gasteiger partial charge on any atom is -0.493 e. The van der Waals surface area contributed by atoms with Gasteiger partial charge in [0.25, 0.3) is 0 Å². The summed E-state index contributed by atoms with van der Waals surface area (Å²) in [5, 5.41) is 0.